The molecule has 114 valence electrons. The third kappa shape index (κ3) is 2.55. The van der Waals surface area contributed by atoms with E-state index in [-0.39, 0.29) is 17.0 Å². The van der Waals surface area contributed by atoms with Crippen LogP contribution >= 0.6 is 0 Å². The molecule has 0 atom stereocenters. The SMILES string of the molecule is Cn1ccc(NC(=O)c2cc3c(cc2[N+](=O)[O-])OCCO3)n1. The third-order valence-electron chi connectivity index (χ3n) is 3.06. The summed E-state index contributed by atoms with van der Waals surface area (Å²) >= 11 is 0. The molecule has 9 heteroatoms. The minimum atomic E-state index is -0.637. The van der Waals surface area contributed by atoms with Crippen LogP contribution in [0.5, 0.6) is 11.5 Å². The van der Waals surface area contributed by atoms with Crippen LogP contribution in [0.15, 0.2) is 24.4 Å². The minimum Gasteiger partial charge on any atom is -0.486 e. The third-order valence-corrected chi connectivity index (χ3v) is 3.06. The number of carbonyl (C=O) groups excluding carboxylic acids is 1. The fourth-order valence-corrected chi connectivity index (χ4v) is 2.08. The fourth-order valence-electron chi connectivity index (χ4n) is 2.08. The van der Waals surface area contributed by atoms with Gasteiger partial charge in [0.2, 0.25) is 0 Å². The number of ether oxygens (including phenoxy) is 2. The summed E-state index contributed by atoms with van der Waals surface area (Å²) in [5.74, 6) is 0.231. The quantitative estimate of drug-likeness (QED) is 0.677. The van der Waals surface area contributed by atoms with Crippen molar-refractivity contribution < 1.29 is 19.2 Å². The molecule has 1 aromatic heterocycles. The Bertz CT molecular complexity index is 755. The highest BCUT2D eigenvalue weighted by molar-refractivity contribution is 6.07. The molecule has 1 aliphatic rings. The van der Waals surface area contributed by atoms with E-state index < -0.39 is 10.8 Å². The summed E-state index contributed by atoms with van der Waals surface area (Å²) in [6.45, 7) is 0.635. The maximum absolute atomic E-state index is 12.3. The standard InChI is InChI=1S/C13H12N4O5/c1-16-3-2-12(15-16)14-13(18)8-6-10-11(22-5-4-21-10)7-9(8)17(19)20/h2-3,6-7H,4-5H2,1H3,(H,14,15,18). The van der Waals surface area contributed by atoms with E-state index in [1.54, 1.807) is 19.3 Å². The van der Waals surface area contributed by atoms with Crippen molar-refractivity contribution in [3.05, 3.63) is 40.1 Å². The number of aromatic nitrogens is 2. The molecule has 1 amide bonds. The molecule has 0 saturated heterocycles. The van der Waals surface area contributed by atoms with E-state index in [2.05, 4.69) is 10.4 Å². The molecular weight excluding hydrogens is 292 g/mol. The van der Waals surface area contributed by atoms with Gasteiger partial charge in [0.05, 0.1) is 11.0 Å². The van der Waals surface area contributed by atoms with Crippen molar-refractivity contribution in [1.82, 2.24) is 9.78 Å². The molecule has 0 saturated carbocycles. The van der Waals surface area contributed by atoms with Gasteiger partial charge in [-0.25, -0.2) is 0 Å². The number of carbonyl (C=O) groups is 1. The number of anilines is 1. The lowest BCUT2D eigenvalue weighted by atomic mass is 10.1. The molecule has 3 rings (SSSR count). The second kappa shape index (κ2) is 5.35. The summed E-state index contributed by atoms with van der Waals surface area (Å²) in [5.41, 5.74) is -0.461. The van der Waals surface area contributed by atoms with Gasteiger partial charge in [-0.2, -0.15) is 5.10 Å². The highest BCUT2D eigenvalue weighted by Gasteiger charge is 2.26. The predicted octanol–water partition coefficient (Wildman–Crippen LogP) is 1.35. The van der Waals surface area contributed by atoms with Crippen molar-refractivity contribution in [2.45, 2.75) is 0 Å². The first kappa shape index (κ1) is 13.9. The molecule has 0 unspecified atom stereocenters. The van der Waals surface area contributed by atoms with Crippen molar-refractivity contribution in [1.29, 1.82) is 0 Å². The van der Waals surface area contributed by atoms with Crippen LogP contribution in [0, 0.1) is 10.1 Å². The van der Waals surface area contributed by atoms with E-state index in [9.17, 15) is 14.9 Å². The summed E-state index contributed by atoms with van der Waals surface area (Å²) < 4.78 is 12.2. The number of rotatable bonds is 3. The first-order chi connectivity index (χ1) is 10.5. The average molecular weight is 304 g/mol. The van der Waals surface area contributed by atoms with Gasteiger partial charge in [0.15, 0.2) is 17.3 Å². The van der Waals surface area contributed by atoms with E-state index >= 15 is 0 Å². The monoisotopic (exact) mass is 304 g/mol. The molecule has 9 nitrogen and oxygen atoms in total. The number of nitro benzene ring substituents is 1. The topological polar surface area (TPSA) is 109 Å². The number of hydrogen-bond acceptors (Lipinski definition) is 6. The zero-order valence-corrected chi connectivity index (χ0v) is 11.6. The Hall–Kier alpha value is -3.10. The van der Waals surface area contributed by atoms with E-state index in [0.29, 0.717) is 24.8 Å². The summed E-state index contributed by atoms with van der Waals surface area (Å²) in [6.07, 6.45) is 1.65. The minimum absolute atomic E-state index is 0.111. The van der Waals surface area contributed by atoms with Gasteiger partial charge in [0, 0.05) is 25.4 Å². The van der Waals surface area contributed by atoms with Crippen LogP contribution in [0.3, 0.4) is 0 Å². The van der Waals surface area contributed by atoms with Gasteiger partial charge >= 0.3 is 0 Å². The molecule has 1 N–H and O–H groups in total. The average Bonchev–Trinajstić information content (AvgIpc) is 2.90. The van der Waals surface area contributed by atoms with E-state index in [1.165, 1.54) is 16.8 Å². The van der Waals surface area contributed by atoms with Gasteiger partial charge < -0.3 is 14.8 Å². The number of nitro groups is 1. The fraction of sp³-hybridized carbons (Fsp3) is 0.231. The number of nitrogens with zero attached hydrogens (tertiary/aromatic N) is 3. The lowest BCUT2D eigenvalue weighted by Crippen LogP contribution is -2.18. The van der Waals surface area contributed by atoms with Gasteiger partial charge in [-0.15, -0.1) is 0 Å². The zero-order chi connectivity index (χ0) is 15.7. The molecule has 22 heavy (non-hydrogen) atoms. The van der Waals surface area contributed by atoms with Crippen LogP contribution in [-0.4, -0.2) is 33.8 Å². The smallest absolute Gasteiger partial charge is 0.286 e. The van der Waals surface area contributed by atoms with Crippen molar-refractivity contribution in [2.75, 3.05) is 18.5 Å². The number of hydrogen-bond donors (Lipinski definition) is 1. The van der Waals surface area contributed by atoms with Crippen LogP contribution < -0.4 is 14.8 Å². The number of amides is 1. The zero-order valence-electron chi connectivity index (χ0n) is 11.6. The van der Waals surface area contributed by atoms with E-state index in [4.69, 9.17) is 9.47 Å². The van der Waals surface area contributed by atoms with Gasteiger partial charge in [-0.3, -0.25) is 19.6 Å². The molecule has 1 aliphatic heterocycles. The Balaban J connectivity index is 1.97. The van der Waals surface area contributed by atoms with Gasteiger partial charge in [-0.1, -0.05) is 0 Å². The predicted molar refractivity (Wildman–Crippen MR) is 75.2 cm³/mol. The number of nitrogens with one attached hydrogen (secondary N) is 1. The number of fused-ring (bicyclic) bond motifs is 1. The molecule has 0 fully saturated rings. The maximum atomic E-state index is 12.3. The Morgan fingerprint density at radius 3 is 2.64 bits per heavy atom. The van der Waals surface area contributed by atoms with E-state index in [1.807, 2.05) is 0 Å². The lowest BCUT2D eigenvalue weighted by Gasteiger charge is -2.18. The molecule has 0 radical (unpaired) electrons. The first-order valence-electron chi connectivity index (χ1n) is 6.43. The Labute approximate surface area is 124 Å². The maximum Gasteiger partial charge on any atom is 0.286 e. The molecule has 0 bridgehead atoms. The molecule has 0 aliphatic carbocycles. The van der Waals surface area contributed by atoms with Gasteiger partial charge in [-0.05, 0) is 0 Å². The molecular formula is C13H12N4O5. The largest absolute Gasteiger partial charge is 0.486 e. The molecule has 1 aromatic carbocycles. The molecule has 0 spiro atoms. The van der Waals surface area contributed by atoms with Crippen LogP contribution in [0.1, 0.15) is 10.4 Å². The van der Waals surface area contributed by atoms with Crippen molar-refractivity contribution in [3.63, 3.8) is 0 Å². The van der Waals surface area contributed by atoms with Crippen LogP contribution in [-0.2, 0) is 7.05 Å². The second-order valence-corrected chi connectivity index (χ2v) is 4.60. The van der Waals surface area contributed by atoms with Crippen LogP contribution in [0.4, 0.5) is 11.5 Å². The lowest BCUT2D eigenvalue weighted by molar-refractivity contribution is -0.385. The van der Waals surface area contributed by atoms with E-state index in [0.717, 1.165) is 0 Å². The summed E-state index contributed by atoms with van der Waals surface area (Å²) in [7, 11) is 1.70. The Morgan fingerprint density at radius 1 is 1.36 bits per heavy atom. The van der Waals surface area contributed by atoms with Crippen LogP contribution in [0.25, 0.3) is 0 Å². The van der Waals surface area contributed by atoms with Crippen molar-refractivity contribution >= 4 is 17.4 Å². The highest BCUT2D eigenvalue weighted by atomic mass is 16.6. The number of aryl methyl sites for hydroxylation is 1. The van der Waals surface area contributed by atoms with Gasteiger partial charge in [0.1, 0.15) is 18.8 Å². The normalized spacial score (nSPS) is 12.8. The highest BCUT2D eigenvalue weighted by Crippen LogP contribution is 2.36. The summed E-state index contributed by atoms with van der Waals surface area (Å²) in [6, 6.07) is 4.09. The summed E-state index contributed by atoms with van der Waals surface area (Å²) in [4.78, 5) is 22.8. The molecule has 2 aromatic rings. The Kier molecular flexibility index (Phi) is 3.37. The van der Waals surface area contributed by atoms with Crippen molar-refractivity contribution in [2.24, 2.45) is 7.05 Å². The van der Waals surface area contributed by atoms with Crippen LogP contribution in [0.2, 0.25) is 0 Å². The van der Waals surface area contributed by atoms with Gasteiger partial charge in [0.25, 0.3) is 11.6 Å². The summed E-state index contributed by atoms with van der Waals surface area (Å²) in [5, 5.41) is 17.7. The number of benzene rings is 1. The van der Waals surface area contributed by atoms with Crippen molar-refractivity contribution in [3.8, 4) is 11.5 Å². The Morgan fingerprint density at radius 2 is 2.05 bits per heavy atom. The molecule has 2 heterocycles. The first-order valence-corrected chi connectivity index (χ1v) is 6.43. The second-order valence-electron chi connectivity index (χ2n) is 4.60.